The van der Waals surface area contributed by atoms with Gasteiger partial charge in [-0.3, -0.25) is 4.79 Å². The molecule has 23 heavy (non-hydrogen) atoms. The summed E-state index contributed by atoms with van der Waals surface area (Å²) in [5, 5.41) is 3.00. The van der Waals surface area contributed by atoms with Gasteiger partial charge in [-0.15, -0.1) is 0 Å². The van der Waals surface area contributed by atoms with Crippen molar-refractivity contribution in [1.82, 2.24) is 5.32 Å². The number of benzene rings is 2. The minimum atomic E-state index is -0.174. The molecule has 4 nitrogen and oxygen atoms in total. The number of hydrogen-bond acceptors (Lipinski definition) is 3. The summed E-state index contributed by atoms with van der Waals surface area (Å²) in [4.78, 5) is 12.4. The molecule has 0 bridgehead atoms. The van der Waals surface area contributed by atoms with Crippen molar-refractivity contribution < 1.29 is 14.3 Å². The molecule has 1 aliphatic rings. The first-order valence-electron chi connectivity index (χ1n) is 7.20. The molecule has 2 aromatic rings. The smallest absolute Gasteiger partial charge is 0.251 e. The lowest BCUT2D eigenvalue weighted by Crippen LogP contribution is -2.27. The first-order valence-corrected chi connectivity index (χ1v) is 8.78. The molecule has 0 aromatic heterocycles. The van der Waals surface area contributed by atoms with Gasteiger partial charge >= 0.3 is 0 Å². The van der Waals surface area contributed by atoms with E-state index >= 15 is 0 Å². The molecule has 0 radical (unpaired) electrons. The maximum Gasteiger partial charge on any atom is 0.251 e. The minimum Gasteiger partial charge on any atom is -0.486 e. The van der Waals surface area contributed by atoms with Crippen LogP contribution in [0.15, 0.2) is 45.3 Å². The lowest BCUT2D eigenvalue weighted by molar-refractivity contribution is 0.0939. The number of hydrogen-bond donors (Lipinski definition) is 1. The summed E-state index contributed by atoms with van der Waals surface area (Å²) < 4.78 is 12.9. The SMILES string of the molecule is C[C@H](NC(=O)c1cccc(Br)c1)c1cc2c(cc1Br)OCCO2. The number of nitrogens with one attached hydrogen (secondary N) is 1. The van der Waals surface area contributed by atoms with Crippen LogP contribution in [0.2, 0.25) is 0 Å². The number of carbonyl (C=O) groups is 1. The third-order valence-corrected chi connectivity index (χ3v) is 4.74. The number of rotatable bonds is 3. The predicted octanol–water partition coefficient (Wildman–Crippen LogP) is 4.47. The molecule has 2 aromatic carbocycles. The van der Waals surface area contributed by atoms with Crippen LogP contribution in [0.1, 0.15) is 28.9 Å². The lowest BCUT2D eigenvalue weighted by atomic mass is 10.1. The number of amides is 1. The zero-order valence-corrected chi connectivity index (χ0v) is 15.6. The molecule has 1 atom stereocenters. The minimum absolute atomic E-state index is 0.124. The van der Waals surface area contributed by atoms with Gasteiger partial charge in [0.25, 0.3) is 5.91 Å². The third-order valence-electron chi connectivity index (χ3n) is 3.56. The fraction of sp³-hybridized carbons (Fsp3) is 0.235. The van der Waals surface area contributed by atoms with Crippen LogP contribution < -0.4 is 14.8 Å². The van der Waals surface area contributed by atoms with Gasteiger partial charge in [0.2, 0.25) is 0 Å². The summed E-state index contributed by atoms with van der Waals surface area (Å²) in [5.41, 5.74) is 1.55. The number of fused-ring (bicyclic) bond motifs is 1. The standard InChI is InChI=1S/C17H15Br2NO3/c1-10(20-17(21)11-3-2-4-12(18)7-11)13-8-15-16(9-14(13)19)23-6-5-22-15/h2-4,7-10H,5-6H2,1H3,(H,20,21)/t10-/m0/s1. The van der Waals surface area contributed by atoms with E-state index in [-0.39, 0.29) is 11.9 Å². The molecule has 0 fully saturated rings. The van der Waals surface area contributed by atoms with Crippen LogP contribution in [-0.2, 0) is 0 Å². The van der Waals surface area contributed by atoms with Gasteiger partial charge in [-0.05, 0) is 42.8 Å². The normalized spacial score (nSPS) is 14.2. The highest BCUT2D eigenvalue weighted by Gasteiger charge is 2.19. The van der Waals surface area contributed by atoms with Gasteiger partial charge < -0.3 is 14.8 Å². The lowest BCUT2D eigenvalue weighted by Gasteiger charge is -2.22. The van der Waals surface area contributed by atoms with Gasteiger partial charge in [0, 0.05) is 14.5 Å². The molecule has 3 rings (SSSR count). The molecular weight excluding hydrogens is 426 g/mol. The van der Waals surface area contributed by atoms with Gasteiger partial charge in [0.05, 0.1) is 6.04 Å². The summed E-state index contributed by atoms with van der Waals surface area (Å²) in [6, 6.07) is 10.9. The van der Waals surface area contributed by atoms with Crippen LogP contribution in [0.4, 0.5) is 0 Å². The monoisotopic (exact) mass is 439 g/mol. The predicted molar refractivity (Wildman–Crippen MR) is 95.2 cm³/mol. The average Bonchev–Trinajstić information content (AvgIpc) is 2.54. The van der Waals surface area contributed by atoms with E-state index in [1.54, 1.807) is 12.1 Å². The van der Waals surface area contributed by atoms with Gasteiger partial charge in [-0.1, -0.05) is 37.9 Å². The second-order valence-electron chi connectivity index (χ2n) is 5.22. The van der Waals surface area contributed by atoms with Gasteiger partial charge in [-0.25, -0.2) is 0 Å². The van der Waals surface area contributed by atoms with E-state index in [1.807, 2.05) is 31.2 Å². The van der Waals surface area contributed by atoms with E-state index in [4.69, 9.17) is 9.47 Å². The van der Waals surface area contributed by atoms with Crippen molar-refractivity contribution in [3.8, 4) is 11.5 Å². The molecule has 1 amide bonds. The maximum atomic E-state index is 12.4. The topological polar surface area (TPSA) is 47.6 Å². The van der Waals surface area contributed by atoms with Gasteiger partial charge in [-0.2, -0.15) is 0 Å². The van der Waals surface area contributed by atoms with E-state index in [0.717, 1.165) is 20.3 Å². The molecule has 0 aliphatic carbocycles. The van der Waals surface area contributed by atoms with Crippen LogP contribution in [0.3, 0.4) is 0 Å². The Labute approximate surface area is 151 Å². The molecular formula is C17H15Br2NO3. The van der Waals surface area contributed by atoms with Crippen molar-refractivity contribution >= 4 is 37.8 Å². The van der Waals surface area contributed by atoms with Gasteiger partial charge in [0.1, 0.15) is 13.2 Å². The van der Waals surface area contributed by atoms with Crippen molar-refractivity contribution in [2.24, 2.45) is 0 Å². The largest absolute Gasteiger partial charge is 0.486 e. The summed E-state index contributed by atoms with van der Waals surface area (Å²) in [6.07, 6.45) is 0. The van der Waals surface area contributed by atoms with Crippen LogP contribution in [0.25, 0.3) is 0 Å². The number of carbonyl (C=O) groups excluding carboxylic acids is 1. The van der Waals surface area contributed by atoms with Crippen LogP contribution in [0, 0.1) is 0 Å². The third kappa shape index (κ3) is 3.70. The van der Waals surface area contributed by atoms with Crippen molar-refractivity contribution in [1.29, 1.82) is 0 Å². The van der Waals surface area contributed by atoms with Crippen molar-refractivity contribution in [3.63, 3.8) is 0 Å². The van der Waals surface area contributed by atoms with E-state index in [0.29, 0.717) is 24.5 Å². The Morgan fingerprint density at radius 1 is 1.13 bits per heavy atom. The maximum absolute atomic E-state index is 12.4. The van der Waals surface area contributed by atoms with Crippen LogP contribution in [0.5, 0.6) is 11.5 Å². The average molecular weight is 441 g/mol. The molecule has 0 unspecified atom stereocenters. The second-order valence-corrected chi connectivity index (χ2v) is 6.99. The summed E-state index contributed by atoms with van der Waals surface area (Å²) >= 11 is 6.92. The number of ether oxygens (including phenoxy) is 2. The highest BCUT2D eigenvalue weighted by atomic mass is 79.9. The van der Waals surface area contributed by atoms with Crippen LogP contribution in [-0.4, -0.2) is 19.1 Å². The Hall–Kier alpha value is -1.53. The van der Waals surface area contributed by atoms with E-state index < -0.39 is 0 Å². The molecule has 6 heteroatoms. The Bertz CT molecular complexity index is 749. The zero-order chi connectivity index (χ0) is 16.4. The zero-order valence-electron chi connectivity index (χ0n) is 12.4. The molecule has 0 saturated carbocycles. The molecule has 1 heterocycles. The molecule has 0 spiro atoms. The molecule has 120 valence electrons. The van der Waals surface area contributed by atoms with E-state index in [9.17, 15) is 4.79 Å². The highest BCUT2D eigenvalue weighted by molar-refractivity contribution is 9.10. The van der Waals surface area contributed by atoms with Crippen molar-refractivity contribution in [2.75, 3.05) is 13.2 Å². The fourth-order valence-electron chi connectivity index (χ4n) is 2.40. The Kier molecular flexibility index (Phi) is 4.92. The van der Waals surface area contributed by atoms with E-state index in [1.165, 1.54) is 0 Å². The van der Waals surface area contributed by atoms with Crippen LogP contribution >= 0.6 is 31.9 Å². The molecule has 1 aliphatic heterocycles. The van der Waals surface area contributed by atoms with Gasteiger partial charge in [0.15, 0.2) is 11.5 Å². The Balaban J connectivity index is 1.80. The summed E-state index contributed by atoms with van der Waals surface area (Å²) in [7, 11) is 0. The first kappa shape index (κ1) is 16.3. The first-order chi connectivity index (χ1) is 11.0. The molecule has 0 saturated heterocycles. The molecule has 1 N–H and O–H groups in total. The van der Waals surface area contributed by atoms with E-state index in [2.05, 4.69) is 37.2 Å². The fourth-order valence-corrected chi connectivity index (χ4v) is 3.46. The summed E-state index contributed by atoms with van der Waals surface area (Å²) in [5.74, 6) is 1.30. The quantitative estimate of drug-likeness (QED) is 0.765. The van der Waals surface area contributed by atoms with Crippen molar-refractivity contribution in [2.45, 2.75) is 13.0 Å². The second kappa shape index (κ2) is 6.93. The summed E-state index contributed by atoms with van der Waals surface area (Å²) in [6.45, 7) is 3.02. The van der Waals surface area contributed by atoms with Crippen molar-refractivity contribution in [3.05, 3.63) is 56.5 Å². The Morgan fingerprint density at radius 2 is 1.83 bits per heavy atom. The highest BCUT2D eigenvalue weighted by Crippen LogP contribution is 2.37. The number of halogens is 2. The Morgan fingerprint density at radius 3 is 2.52 bits per heavy atom.